The van der Waals surface area contributed by atoms with Crippen LogP contribution in [0.2, 0.25) is 0 Å². The molecular weight excluding hydrogens is 210 g/mol. The van der Waals surface area contributed by atoms with E-state index in [9.17, 15) is 4.79 Å². The molecule has 1 aliphatic rings. The number of hydrogen-bond acceptors (Lipinski definition) is 3. The molecule has 2 aromatic rings. The molecule has 0 radical (unpaired) electrons. The van der Waals surface area contributed by atoms with Gasteiger partial charge in [-0.1, -0.05) is 0 Å². The fourth-order valence-corrected chi connectivity index (χ4v) is 2.65. The highest BCUT2D eigenvalue weighted by Crippen LogP contribution is 2.18. The number of aromatic amines is 1. The molecule has 0 atom stereocenters. The summed E-state index contributed by atoms with van der Waals surface area (Å²) in [5, 5.41) is 5.76. The smallest absolute Gasteiger partial charge is 0.276 e. The number of hydrogen-bond donors (Lipinski definition) is 1. The summed E-state index contributed by atoms with van der Waals surface area (Å²) in [4.78, 5) is 16.2. The minimum Gasteiger partial charge on any atom is -0.293 e. The summed E-state index contributed by atoms with van der Waals surface area (Å²) in [5.74, 6) is 0. The zero-order valence-corrected chi connectivity index (χ0v) is 9.01. The van der Waals surface area contributed by atoms with Gasteiger partial charge < -0.3 is 0 Å². The van der Waals surface area contributed by atoms with Crippen LogP contribution in [0.4, 0.5) is 0 Å². The second-order valence-corrected chi connectivity index (χ2v) is 4.60. The Balaban J connectivity index is 2.18. The first-order valence-electron chi connectivity index (χ1n) is 5.09. The molecule has 0 amide bonds. The Morgan fingerprint density at radius 2 is 2.27 bits per heavy atom. The summed E-state index contributed by atoms with van der Waals surface area (Å²) < 4.78 is 1.57. The van der Waals surface area contributed by atoms with Gasteiger partial charge in [-0.05, 0) is 25.7 Å². The molecule has 4 nitrogen and oxygen atoms in total. The van der Waals surface area contributed by atoms with E-state index in [1.165, 1.54) is 17.8 Å². The average molecular weight is 221 g/mol. The van der Waals surface area contributed by atoms with Crippen molar-refractivity contribution in [1.82, 2.24) is 14.8 Å². The van der Waals surface area contributed by atoms with Gasteiger partial charge in [0.05, 0.1) is 0 Å². The van der Waals surface area contributed by atoms with Crippen LogP contribution in [0, 0.1) is 0 Å². The molecule has 2 aromatic heterocycles. The largest absolute Gasteiger partial charge is 0.293 e. The Bertz CT molecular complexity index is 523. The Hall–Kier alpha value is -1.36. The van der Waals surface area contributed by atoms with Gasteiger partial charge in [0.15, 0.2) is 0 Å². The maximum Gasteiger partial charge on any atom is 0.276 e. The van der Waals surface area contributed by atoms with Crippen molar-refractivity contribution in [2.45, 2.75) is 25.7 Å². The molecule has 0 unspecified atom stereocenters. The van der Waals surface area contributed by atoms with Crippen molar-refractivity contribution >= 4 is 11.3 Å². The normalized spacial score (nSPS) is 15.2. The summed E-state index contributed by atoms with van der Waals surface area (Å²) in [6.07, 6.45) is 5.90. The number of fused-ring (bicyclic) bond motifs is 1. The molecule has 3 rings (SSSR count). The van der Waals surface area contributed by atoms with Gasteiger partial charge in [0, 0.05) is 22.8 Å². The number of nitrogens with zero attached hydrogens (tertiary/aromatic N) is 2. The number of thiazole rings is 1. The second-order valence-electron chi connectivity index (χ2n) is 3.73. The van der Waals surface area contributed by atoms with Gasteiger partial charge in [-0.25, -0.2) is 4.98 Å². The Kier molecular flexibility index (Phi) is 1.98. The van der Waals surface area contributed by atoms with Crippen LogP contribution in [0.3, 0.4) is 0 Å². The predicted molar refractivity (Wildman–Crippen MR) is 58.7 cm³/mol. The SMILES string of the molecule is O=c1c2c([nH]n1-c1nccs1)CCCC2. The quantitative estimate of drug-likeness (QED) is 0.793. The van der Waals surface area contributed by atoms with Crippen LogP contribution >= 0.6 is 11.3 Å². The first kappa shape index (κ1) is 8.91. The number of rotatable bonds is 1. The van der Waals surface area contributed by atoms with Crippen molar-refractivity contribution in [3.05, 3.63) is 33.2 Å². The molecule has 78 valence electrons. The highest BCUT2D eigenvalue weighted by molar-refractivity contribution is 7.12. The van der Waals surface area contributed by atoms with Gasteiger partial charge in [0.2, 0.25) is 5.13 Å². The van der Waals surface area contributed by atoms with Gasteiger partial charge in [0.25, 0.3) is 5.56 Å². The second kappa shape index (κ2) is 3.34. The molecule has 5 heteroatoms. The molecule has 0 spiro atoms. The van der Waals surface area contributed by atoms with Crippen molar-refractivity contribution < 1.29 is 0 Å². The summed E-state index contributed by atoms with van der Waals surface area (Å²) >= 11 is 1.47. The average Bonchev–Trinajstić information content (AvgIpc) is 2.87. The van der Waals surface area contributed by atoms with Crippen molar-refractivity contribution in [3.8, 4) is 5.13 Å². The van der Waals surface area contributed by atoms with Crippen molar-refractivity contribution in [2.24, 2.45) is 0 Å². The zero-order chi connectivity index (χ0) is 10.3. The third-order valence-electron chi connectivity index (χ3n) is 2.79. The summed E-state index contributed by atoms with van der Waals surface area (Å²) in [6.45, 7) is 0. The lowest BCUT2D eigenvalue weighted by Gasteiger charge is -2.07. The van der Waals surface area contributed by atoms with Crippen molar-refractivity contribution in [2.75, 3.05) is 0 Å². The zero-order valence-electron chi connectivity index (χ0n) is 8.19. The minimum atomic E-state index is 0.0830. The topological polar surface area (TPSA) is 50.7 Å². The lowest BCUT2D eigenvalue weighted by atomic mass is 9.98. The maximum atomic E-state index is 12.0. The van der Waals surface area contributed by atoms with E-state index in [2.05, 4.69) is 10.1 Å². The monoisotopic (exact) mass is 221 g/mol. The van der Waals surface area contributed by atoms with Crippen LogP contribution in [0.5, 0.6) is 0 Å². The van der Waals surface area contributed by atoms with Gasteiger partial charge in [-0.2, -0.15) is 4.68 Å². The lowest BCUT2D eigenvalue weighted by Crippen LogP contribution is -2.17. The molecule has 0 bridgehead atoms. The Morgan fingerprint density at radius 1 is 1.40 bits per heavy atom. The van der Waals surface area contributed by atoms with Crippen LogP contribution in [0.1, 0.15) is 24.1 Å². The van der Waals surface area contributed by atoms with Crippen LogP contribution in [0.25, 0.3) is 5.13 Å². The van der Waals surface area contributed by atoms with Gasteiger partial charge in [-0.3, -0.25) is 9.89 Å². The number of nitrogens with one attached hydrogen (secondary N) is 1. The van der Waals surface area contributed by atoms with Crippen LogP contribution in [0.15, 0.2) is 16.4 Å². The van der Waals surface area contributed by atoms with E-state index < -0.39 is 0 Å². The fraction of sp³-hybridized carbons (Fsp3) is 0.400. The third kappa shape index (κ3) is 1.34. The van der Waals surface area contributed by atoms with Crippen LogP contribution in [-0.4, -0.2) is 14.8 Å². The summed E-state index contributed by atoms with van der Waals surface area (Å²) in [7, 11) is 0. The standard InChI is InChI=1S/C10H11N3OS/c14-9-7-3-1-2-4-8(7)12-13(9)10-11-5-6-15-10/h5-6,12H,1-4H2. The molecule has 0 saturated carbocycles. The highest BCUT2D eigenvalue weighted by atomic mass is 32.1. The molecule has 15 heavy (non-hydrogen) atoms. The molecule has 1 aliphatic carbocycles. The van der Waals surface area contributed by atoms with Crippen LogP contribution in [-0.2, 0) is 12.8 Å². The molecule has 0 fully saturated rings. The number of aromatic nitrogens is 3. The number of H-pyrrole nitrogens is 1. The lowest BCUT2D eigenvalue weighted by molar-refractivity contribution is 0.670. The van der Waals surface area contributed by atoms with Gasteiger partial charge in [0.1, 0.15) is 0 Å². The first-order valence-corrected chi connectivity index (χ1v) is 5.97. The minimum absolute atomic E-state index is 0.0830. The maximum absolute atomic E-state index is 12.0. The van der Waals surface area contributed by atoms with E-state index in [0.29, 0.717) is 0 Å². The van der Waals surface area contributed by atoms with E-state index in [4.69, 9.17) is 0 Å². The van der Waals surface area contributed by atoms with Gasteiger partial charge in [-0.15, -0.1) is 11.3 Å². The molecular formula is C10H11N3OS. The fourth-order valence-electron chi connectivity index (χ4n) is 2.05. The molecule has 1 N–H and O–H groups in total. The van der Waals surface area contributed by atoms with E-state index in [0.717, 1.165) is 35.7 Å². The van der Waals surface area contributed by atoms with Crippen LogP contribution < -0.4 is 5.56 Å². The van der Waals surface area contributed by atoms with E-state index in [1.807, 2.05) is 5.38 Å². The van der Waals surface area contributed by atoms with E-state index >= 15 is 0 Å². The Labute approximate surface area is 90.6 Å². The Morgan fingerprint density at radius 3 is 3.00 bits per heavy atom. The van der Waals surface area contributed by atoms with E-state index in [-0.39, 0.29) is 5.56 Å². The van der Waals surface area contributed by atoms with E-state index in [1.54, 1.807) is 10.9 Å². The van der Waals surface area contributed by atoms with Crippen molar-refractivity contribution in [1.29, 1.82) is 0 Å². The predicted octanol–water partition coefficient (Wildman–Crippen LogP) is 1.50. The third-order valence-corrected chi connectivity index (χ3v) is 3.54. The summed E-state index contributed by atoms with van der Waals surface area (Å²) in [6, 6.07) is 0. The van der Waals surface area contributed by atoms with Crippen molar-refractivity contribution in [3.63, 3.8) is 0 Å². The number of aryl methyl sites for hydroxylation is 1. The summed E-state index contributed by atoms with van der Waals surface area (Å²) in [5.41, 5.74) is 2.14. The molecule has 0 aliphatic heterocycles. The molecule has 0 saturated heterocycles. The first-order chi connectivity index (χ1) is 7.36. The highest BCUT2D eigenvalue weighted by Gasteiger charge is 2.18. The molecule has 0 aromatic carbocycles. The van der Waals surface area contributed by atoms with Gasteiger partial charge >= 0.3 is 0 Å². The molecule has 2 heterocycles.